The van der Waals surface area contributed by atoms with Crippen molar-refractivity contribution < 1.29 is 4.79 Å². The van der Waals surface area contributed by atoms with E-state index in [0.717, 1.165) is 27.3 Å². The number of anilines is 1. The topological polar surface area (TPSA) is 29.1 Å². The van der Waals surface area contributed by atoms with Gasteiger partial charge in [0.25, 0.3) is 5.91 Å². The first-order valence-corrected chi connectivity index (χ1v) is 9.07. The average molecular weight is 346 g/mol. The van der Waals surface area contributed by atoms with E-state index >= 15 is 0 Å². The molecule has 120 valence electrons. The number of allylic oxidation sites excluding steroid dienone is 1. The molecule has 0 saturated heterocycles. The third-order valence-electron chi connectivity index (χ3n) is 3.69. The molecule has 23 heavy (non-hydrogen) atoms. The maximum absolute atomic E-state index is 12.6. The maximum atomic E-state index is 12.6. The lowest BCUT2D eigenvalue weighted by Gasteiger charge is -2.14. The molecule has 1 amide bonds. The van der Waals surface area contributed by atoms with Gasteiger partial charge in [-0.1, -0.05) is 48.9 Å². The van der Waals surface area contributed by atoms with Crippen LogP contribution in [0.1, 0.15) is 20.3 Å². The van der Waals surface area contributed by atoms with Gasteiger partial charge in [-0.2, -0.15) is 0 Å². The van der Waals surface area contributed by atoms with Crippen molar-refractivity contribution in [2.45, 2.75) is 20.3 Å². The molecule has 2 aromatic rings. The maximum Gasteiger partial charge on any atom is 0.252 e. The van der Waals surface area contributed by atoms with Gasteiger partial charge in [0.1, 0.15) is 0 Å². The molecule has 0 aliphatic carbocycles. The number of benzene rings is 2. The van der Waals surface area contributed by atoms with E-state index in [0.29, 0.717) is 11.4 Å². The van der Waals surface area contributed by atoms with Gasteiger partial charge < -0.3 is 5.32 Å². The SMILES string of the molecule is CC/C(C(=O)Nc1ccccc1-c1ccc(Cl)cc1)=C(/C)SC. The van der Waals surface area contributed by atoms with E-state index in [-0.39, 0.29) is 5.91 Å². The zero-order chi connectivity index (χ0) is 16.8. The minimum Gasteiger partial charge on any atom is -0.322 e. The third kappa shape index (κ3) is 4.40. The lowest BCUT2D eigenvalue weighted by Crippen LogP contribution is -2.15. The fourth-order valence-corrected chi connectivity index (χ4v) is 2.97. The second-order valence-electron chi connectivity index (χ2n) is 5.10. The van der Waals surface area contributed by atoms with Crippen molar-refractivity contribution in [2.75, 3.05) is 11.6 Å². The van der Waals surface area contributed by atoms with E-state index in [1.54, 1.807) is 11.8 Å². The van der Waals surface area contributed by atoms with Gasteiger partial charge in [0.2, 0.25) is 0 Å². The van der Waals surface area contributed by atoms with E-state index in [2.05, 4.69) is 5.32 Å². The van der Waals surface area contributed by atoms with Crippen LogP contribution in [0.4, 0.5) is 5.69 Å². The zero-order valence-corrected chi connectivity index (χ0v) is 15.1. The van der Waals surface area contributed by atoms with E-state index in [1.165, 1.54) is 0 Å². The molecule has 0 unspecified atom stereocenters. The molecule has 0 atom stereocenters. The molecule has 0 saturated carbocycles. The summed E-state index contributed by atoms with van der Waals surface area (Å²) in [5.74, 6) is -0.0410. The van der Waals surface area contributed by atoms with Gasteiger partial charge in [0.05, 0.1) is 0 Å². The number of carbonyl (C=O) groups excluding carboxylic acids is 1. The van der Waals surface area contributed by atoms with E-state index in [1.807, 2.05) is 68.6 Å². The standard InChI is InChI=1S/C19H20ClNOS/c1-4-16(13(2)23-3)19(22)21-18-8-6-5-7-17(18)14-9-11-15(20)12-10-14/h5-12H,4H2,1-3H3,(H,21,22)/b16-13+. The molecule has 0 aromatic heterocycles. The highest BCUT2D eigenvalue weighted by Crippen LogP contribution is 2.30. The number of amides is 1. The Morgan fingerprint density at radius 3 is 2.39 bits per heavy atom. The van der Waals surface area contributed by atoms with E-state index in [9.17, 15) is 4.79 Å². The molecule has 4 heteroatoms. The van der Waals surface area contributed by atoms with Crippen LogP contribution < -0.4 is 5.32 Å². The normalized spacial score (nSPS) is 11.8. The fourth-order valence-electron chi connectivity index (χ4n) is 2.36. The molecule has 0 fully saturated rings. The molecule has 0 bridgehead atoms. The van der Waals surface area contributed by atoms with Crippen molar-refractivity contribution in [1.82, 2.24) is 0 Å². The van der Waals surface area contributed by atoms with Crippen molar-refractivity contribution in [1.29, 1.82) is 0 Å². The quantitative estimate of drug-likeness (QED) is 0.674. The van der Waals surface area contributed by atoms with Gasteiger partial charge in [0, 0.05) is 21.8 Å². The molecule has 2 rings (SSSR count). The van der Waals surface area contributed by atoms with Crippen LogP contribution in [0, 0.1) is 0 Å². The lowest BCUT2D eigenvalue weighted by atomic mass is 10.0. The van der Waals surface area contributed by atoms with Crippen LogP contribution in [-0.4, -0.2) is 12.2 Å². The summed E-state index contributed by atoms with van der Waals surface area (Å²) in [4.78, 5) is 13.6. The number of nitrogens with one attached hydrogen (secondary N) is 1. The number of rotatable bonds is 5. The molecule has 0 aliphatic heterocycles. The van der Waals surface area contributed by atoms with E-state index in [4.69, 9.17) is 11.6 Å². The van der Waals surface area contributed by atoms with Crippen LogP contribution in [0.15, 0.2) is 59.0 Å². The number of halogens is 1. The van der Waals surface area contributed by atoms with Crippen molar-refractivity contribution in [2.24, 2.45) is 0 Å². The third-order valence-corrected chi connectivity index (χ3v) is 4.80. The van der Waals surface area contributed by atoms with Crippen LogP contribution in [0.5, 0.6) is 0 Å². The number of para-hydroxylation sites is 1. The minimum atomic E-state index is -0.0410. The number of hydrogen-bond acceptors (Lipinski definition) is 2. The average Bonchev–Trinajstić information content (AvgIpc) is 2.56. The summed E-state index contributed by atoms with van der Waals surface area (Å²) in [6.45, 7) is 3.98. The molecular formula is C19H20ClNOS. The Balaban J connectivity index is 2.35. The highest BCUT2D eigenvalue weighted by molar-refractivity contribution is 8.02. The van der Waals surface area contributed by atoms with Crippen molar-refractivity contribution in [3.05, 3.63) is 64.0 Å². The number of carbonyl (C=O) groups is 1. The molecular weight excluding hydrogens is 326 g/mol. The summed E-state index contributed by atoms with van der Waals surface area (Å²) in [6.07, 6.45) is 2.70. The molecule has 0 radical (unpaired) electrons. The van der Waals surface area contributed by atoms with Gasteiger partial charge >= 0.3 is 0 Å². The number of thioether (sulfide) groups is 1. The van der Waals surface area contributed by atoms with Crippen LogP contribution >= 0.6 is 23.4 Å². The fraction of sp³-hybridized carbons (Fsp3) is 0.211. The Kier molecular flexibility index (Phi) is 6.31. The Morgan fingerprint density at radius 2 is 1.78 bits per heavy atom. The largest absolute Gasteiger partial charge is 0.322 e. The van der Waals surface area contributed by atoms with Gasteiger partial charge in [-0.25, -0.2) is 0 Å². The van der Waals surface area contributed by atoms with Crippen LogP contribution in [0.25, 0.3) is 11.1 Å². The molecule has 2 aromatic carbocycles. The summed E-state index contributed by atoms with van der Waals surface area (Å²) >= 11 is 7.56. The summed E-state index contributed by atoms with van der Waals surface area (Å²) in [7, 11) is 0. The predicted octanol–water partition coefficient (Wildman–Crippen LogP) is 5.99. The monoisotopic (exact) mass is 345 g/mol. The molecule has 2 nitrogen and oxygen atoms in total. The molecule has 0 aliphatic rings. The molecule has 1 N–H and O–H groups in total. The first kappa shape index (κ1) is 17.6. The second-order valence-corrected chi connectivity index (χ2v) is 6.56. The first-order chi connectivity index (χ1) is 11.1. The van der Waals surface area contributed by atoms with Crippen molar-refractivity contribution in [3.8, 4) is 11.1 Å². The molecule has 0 heterocycles. The van der Waals surface area contributed by atoms with Gasteiger partial charge in [-0.15, -0.1) is 11.8 Å². The predicted molar refractivity (Wildman–Crippen MR) is 102 cm³/mol. The Hall–Kier alpha value is -1.71. The number of hydrogen-bond donors (Lipinski definition) is 1. The van der Waals surface area contributed by atoms with Gasteiger partial charge in [-0.3, -0.25) is 4.79 Å². The summed E-state index contributed by atoms with van der Waals surface area (Å²) in [5, 5.41) is 3.74. The molecule has 0 spiro atoms. The lowest BCUT2D eigenvalue weighted by molar-refractivity contribution is -0.113. The minimum absolute atomic E-state index is 0.0410. The van der Waals surface area contributed by atoms with Crippen LogP contribution in [0.3, 0.4) is 0 Å². The van der Waals surface area contributed by atoms with Crippen molar-refractivity contribution in [3.63, 3.8) is 0 Å². The summed E-state index contributed by atoms with van der Waals surface area (Å²) < 4.78 is 0. The first-order valence-electron chi connectivity index (χ1n) is 7.46. The Bertz CT molecular complexity index is 722. The Morgan fingerprint density at radius 1 is 1.13 bits per heavy atom. The zero-order valence-electron chi connectivity index (χ0n) is 13.5. The highest BCUT2D eigenvalue weighted by atomic mass is 35.5. The van der Waals surface area contributed by atoms with Crippen LogP contribution in [-0.2, 0) is 4.79 Å². The summed E-state index contributed by atoms with van der Waals surface area (Å²) in [5.41, 5.74) is 3.63. The van der Waals surface area contributed by atoms with Gasteiger partial charge in [-0.05, 0) is 48.3 Å². The highest BCUT2D eigenvalue weighted by Gasteiger charge is 2.13. The van der Waals surface area contributed by atoms with Gasteiger partial charge in [0.15, 0.2) is 0 Å². The van der Waals surface area contributed by atoms with E-state index < -0.39 is 0 Å². The Labute approximate surface area is 146 Å². The van der Waals surface area contributed by atoms with Crippen molar-refractivity contribution >= 4 is 35.0 Å². The van der Waals surface area contributed by atoms with Crippen LogP contribution in [0.2, 0.25) is 5.02 Å². The summed E-state index contributed by atoms with van der Waals surface area (Å²) in [6, 6.07) is 15.4. The second kappa shape index (κ2) is 8.23. The smallest absolute Gasteiger partial charge is 0.252 e.